The summed E-state index contributed by atoms with van der Waals surface area (Å²) in [7, 11) is -6.32. The highest BCUT2D eigenvalue weighted by atomic mass is 127. The Morgan fingerprint density at radius 2 is 1.75 bits per heavy atom. The number of β-lactam (4-membered cyclic amide) rings is 1. The summed E-state index contributed by atoms with van der Waals surface area (Å²) >= 11 is 1.80. The number of rotatable bonds is 9. The van der Waals surface area contributed by atoms with Crippen molar-refractivity contribution in [3.05, 3.63) is 38.8 Å². The number of carboxylic acid groups (broad SMARTS) is 1. The van der Waals surface area contributed by atoms with Gasteiger partial charge < -0.3 is 14.4 Å². The minimum Gasteiger partial charge on any atom is -0.480 e. The Labute approximate surface area is 224 Å². The summed E-state index contributed by atoms with van der Waals surface area (Å²) in [6.07, 6.45) is -5.03. The predicted octanol–water partition coefficient (Wildman–Crippen LogP) is 5.47. The molecule has 2 rings (SSSR count). The SMILES string of the molecule is C[C@@H](O[Si](C)(C)C(C)(C)C)[C@@H]1C(=O)N(CC(=O)O)[C@@H]1C/C(I)=C/S(=O)(=O)c1ccc(C(F)(F)F)cc1. The van der Waals surface area contributed by atoms with E-state index in [4.69, 9.17) is 4.43 Å². The molecule has 0 unspecified atom stereocenters. The van der Waals surface area contributed by atoms with Crippen LogP contribution in [0, 0.1) is 5.92 Å². The van der Waals surface area contributed by atoms with E-state index in [0.29, 0.717) is 15.7 Å². The second kappa shape index (κ2) is 10.7. The zero-order chi connectivity index (χ0) is 27.9. The second-order valence-electron chi connectivity index (χ2n) is 10.4. The number of hydrogen-bond acceptors (Lipinski definition) is 5. The van der Waals surface area contributed by atoms with E-state index in [2.05, 4.69) is 20.8 Å². The van der Waals surface area contributed by atoms with Gasteiger partial charge in [0.25, 0.3) is 0 Å². The van der Waals surface area contributed by atoms with Crippen LogP contribution in [0.15, 0.2) is 38.1 Å². The maximum atomic E-state index is 12.9. The molecule has 1 aromatic carbocycles. The molecule has 1 N–H and O–H groups in total. The van der Waals surface area contributed by atoms with Gasteiger partial charge in [0.1, 0.15) is 6.54 Å². The van der Waals surface area contributed by atoms with Gasteiger partial charge in [-0.3, -0.25) is 9.59 Å². The number of sulfone groups is 1. The molecule has 0 bridgehead atoms. The van der Waals surface area contributed by atoms with Crippen LogP contribution in [0.5, 0.6) is 0 Å². The van der Waals surface area contributed by atoms with Crippen LogP contribution in [-0.2, 0) is 30.0 Å². The summed E-state index contributed by atoms with van der Waals surface area (Å²) in [5.74, 6) is -2.21. The van der Waals surface area contributed by atoms with Crippen molar-refractivity contribution in [2.75, 3.05) is 6.54 Å². The molecule has 7 nitrogen and oxygen atoms in total. The van der Waals surface area contributed by atoms with Crippen molar-refractivity contribution in [3.63, 3.8) is 0 Å². The summed E-state index contributed by atoms with van der Waals surface area (Å²) in [6, 6.07) is 2.57. The smallest absolute Gasteiger partial charge is 0.416 e. The third-order valence-corrected chi connectivity index (χ3v) is 14.0. The number of likely N-dealkylation sites (tertiary alicyclic amines) is 1. The molecular formula is C23H31F3INO6SSi. The highest BCUT2D eigenvalue weighted by Gasteiger charge is 2.52. The first-order valence-corrected chi connectivity index (χ1v) is 16.7. The minimum atomic E-state index is -4.59. The Morgan fingerprint density at radius 1 is 1.22 bits per heavy atom. The van der Waals surface area contributed by atoms with E-state index in [0.717, 1.165) is 17.5 Å². The van der Waals surface area contributed by atoms with E-state index in [1.54, 1.807) is 29.5 Å². The molecule has 1 saturated heterocycles. The Bertz CT molecular complexity index is 1130. The van der Waals surface area contributed by atoms with E-state index in [1.165, 1.54) is 4.90 Å². The highest BCUT2D eigenvalue weighted by Crippen LogP contribution is 2.42. The van der Waals surface area contributed by atoms with Crippen molar-refractivity contribution in [1.29, 1.82) is 0 Å². The number of aliphatic carboxylic acids is 1. The molecule has 1 amide bonds. The predicted molar refractivity (Wildman–Crippen MR) is 140 cm³/mol. The molecule has 1 aliphatic heterocycles. The molecular weight excluding hydrogens is 630 g/mol. The van der Waals surface area contributed by atoms with Crippen molar-refractivity contribution in [1.82, 2.24) is 4.90 Å². The van der Waals surface area contributed by atoms with Crippen LogP contribution >= 0.6 is 22.6 Å². The maximum absolute atomic E-state index is 12.9. The number of alkyl halides is 3. The van der Waals surface area contributed by atoms with E-state index in [1.807, 2.05) is 13.1 Å². The summed E-state index contributed by atoms with van der Waals surface area (Å²) in [6.45, 7) is 11.5. The van der Waals surface area contributed by atoms with Crippen LogP contribution in [0.2, 0.25) is 18.1 Å². The van der Waals surface area contributed by atoms with E-state index >= 15 is 0 Å². The Kier molecular flexibility index (Phi) is 9.17. The average molecular weight is 662 g/mol. The van der Waals surface area contributed by atoms with E-state index < -0.39 is 60.5 Å². The van der Waals surface area contributed by atoms with Crippen LogP contribution in [0.4, 0.5) is 13.2 Å². The molecule has 202 valence electrons. The number of halogens is 4. The molecule has 0 radical (unpaired) electrons. The van der Waals surface area contributed by atoms with Crippen LogP contribution in [0.1, 0.15) is 39.7 Å². The van der Waals surface area contributed by atoms with E-state index in [-0.39, 0.29) is 22.3 Å². The normalized spacial score (nSPS) is 20.8. The Morgan fingerprint density at radius 3 is 2.19 bits per heavy atom. The van der Waals surface area contributed by atoms with Crippen LogP contribution in [0.25, 0.3) is 0 Å². The fourth-order valence-electron chi connectivity index (χ4n) is 3.76. The molecule has 3 atom stereocenters. The molecule has 0 spiro atoms. The zero-order valence-corrected chi connectivity index (χ0v) is 24.9. The van der Waals surface area contributed by atoms with Crippen LogP contribution < -0.4 is 0 Å². The molecule has 13 heteroatoms. The monoisotopic (exact) mass is 661 g/mol. The van der Waals surface area contributed by atoms with E-state index in [9.17, 15) is 36.3 Å². The number of nitrogens with zero attached hydrogens (tertiary/aromatic N) is 1. The summed E-state index contributed by atoms with van der Waals surface area (Å²) in [4.78, 5) is 25.1. The van der Waals surface area contributed by atoms with Gasteiger partial charge in [0.15, 0.2) is 8.32 Å². The van der Waals surface area contributed by atoms with Gasteiger partial charge in [-0.2, -0.15) is 13.2 Å². The standard InChI is InChI=1S/C23H31F3INO6SSi/c1-14(34-36(5,6)22(2,3)4)20-18(28(21(20)31)12-19(29)30)11-16(27)13-35(32,33)17-9-7-15(8-10-17)23(24,25)26/h7-10,13-14,18,20H,11-12H2,1-6H3,(H,29,30)/b16-13-/t14-,18-,20+/m1/s1. The molecule has 0 saturated carbocycles. The lowest BCUT2D eigenvalue weighted by molar-refractivity contribution is -0.168. The molecule has 1 aromatic rings. The lowest BCUT2D eigenvalue weighted by atomic mass is 9.81. The van der Waals surface area contributed by atoms with Gasteiger partial charge in [0.05, 0.1) is 28.5 Å². The first-order chi connectivity index (χ1) is 16.2. The Hall–Kier alpha value is -1.45. The van der Waals surface area contributed by atoms with Crippen LogP contribution in [0.3, 0.4) is 0 Å². The molecule has 1 heterocycles. The second-order valence-corrected chi connectivity index (χ2v) is 18.3. The Balaban J connectivity index is 2.29. The van der Waals surface area contributed by atoms with Gasteiger partial charge in [-0.15, -0.1) is 0 Å². The first kappa shape index (κ1) is 30.8. The van der Waals surface area contributed by atoms with Crippen molar-refractivity contribution in [3.8, 4) is 0 Å². The largest absolute Gasteiger partial charge is 0.480 e. The van der Waals surface area contributed by atoms with Gasteiger partial charge in [-0.05, 0) is 71.9 Å². The molecule has 0 aliphatic carbocycles. The van der Waals surface area contributed by atoms with Crippen molar-refractivity contribution >= 4 is 52.6 Å². The number of carbonyl (C=O) groups is 2. The summed E-state index contributed by atoms with van der Waals surface area (Å²) in [5.41, 5.74) is -0.962. The number of hydrogen-bond donors (Lipinski definition) is 1. The van der Waals surface area contributed by atoms with Gasteiger partial charge in [-0.25, -0.2) is 8.42 Å². The van der Waals surface area contributed by atoms with Gasteiger partial charge in [0.2, 0.25) is 15.7 Å². The van der Waals surface area contributed by atoms with Gasteiger partial charge in [-0.1, -0.05) is 20.8 Å². The maximum Gasteiger partial charge on any atom is 0.416 e. The van der Waals surface area contributed by atoms with Gasteiger partial charge >= 0.3 is 12.1 Å². The topological polar surface area (TPSA) is 101 Å². The fraction of sp³-hybridized carbons (Fsp3) is 0.565. The molecule has 1 fully saturated rings. The highest BCUT2D eigenvalue weighted by molar-refractivity contribution is 14.1. The minimum absolute atomic E-state index is 0.0648. The number of carboxylic acids is 1. The average Bonchev–Trinajstić information content (AvgIpc) is 2.69. The first-order valence-electron chi connectivity index (χ1n) is 11.2. The lowest BCUT2D eigenvalue weighted by Gasteiger charge is -2.51. The summed E-state index contributed by atoms with van der Waals surface area (Å²) in [5, 5.41) is 10.1. The number of benzene rings is 1. The summed E-state index contributed by atoms with van der Waals surface area (Å²) < 4.78 is 70.6. The number of amides is 1. The van der Waals surface area contributed by atoms with Crippen molar-refractivity contribution in [2.45, 2.75) is 75.5 Å². The zero-order valence-electron chi connectivity index (χ0n) is 20.9. The van der Waals surface area contributed by atoms with Crippen molar-refractivity contribution in [2.24, 2.45) is 5.92 Å². The lowest BCUT2D eigenvalue weighted by Crippen LogP contribution is -2.66. The number of carbonyl (C=O) groups excluding carboxylic acids is 1. The third-order valence-electron chi connectivity index (χ3n) is 6.68. The third kappa shape index (κ3) is 7.10. The van der Waals surface area contributed by atoms with Crippen LogP contribution in [-0.4, -0.2) is 57.3 Å². The van der Waals surface area contributed by atoms with Gasteiger partial charge in [0, 0.05) is 15.4 Å². The molecule has 36 heavy (non-hydrogen) atoms. The quantitative estimate of drug-likeness (QED) is 0.214. The van der Waals surface area contributed by atoms with Crippen molar-refractivity contribution < 1.29 is 40.7 Å². The fourth-order valence-corrected chi connectivity index (χ4v) is 7.73. The molecule has 1 aliphatic rings. The molecule has 0 aromatic heterocycles.